The van der Waals surface area contributed by atoms with Crippen LogP contribution in [0.25, 0.3) is 0 Å². The monoisotopic (exact) mass is 292 g/mol. The minimum absolute atomic E-state index is 0.250. The van der Waals surface area contributed by atoms with Crippen LogP contribution in [0.3, 0.4) is 0 Å². The van der Waals surface area contributed by atoms with Crippen molar-refractivity contribution in [1.82, 2.24) is 10.2 Å². The molecule has 0 aliphatic heterocycles. The predicted octanol–water partition coefficient (Wildman–Crippen LogP) is 3.13. The molecule has 0 fully saturated rings. The molecule has 1 rings (SSSR count). The number of aryl methyl sites for hydroxylation is 1. The van der Waals surface area contributed by atoms with E-state index in [-0.39, 0.29) is 6.61 Å². The fraction of sp³-hybridized carbons (Fsp3) is 0.667. The van der Waals surface area contributed by atoms with Crippen molar-refractivity contribution < 1.29 is 5.11 Å². The van der Waals surface area contributed by atoms with E-state index >= 15 is 0 Å². The first-order valence-electron chi connectivity index (χ1n) is 8.34. The van der Waals surface area contributed by atoms with Crippen molar-refractivity contribution >= 4 is 0 Å². The summed E-state index contributed by atoms with van der Waals surface area (Å²) < 4.78 is 0. The first kappa shape index (κ1) is 18.1. The molecular formula is C18H32N2O. The van der Waals surface area contributed by atoms with Gasteiger partial charge in [-0.3, -0.25) is 0 Å². The second kappa shape index (κ2) is 10.8. The van der Waals surface area contributed by atoms with Gasteiger partial charge in [-0.2, -0.15) is 0 Å². The molecule has 0 amide bonds. The Morgan fingerprint density at radius 1 is 1.10 bits per heavy atom. The lowest BCUT2D eigenvalue weighted by atomic mass is 10.0. The fourth-order valence-corrected chi connectivity index (χ4v) is 2.60. The summed E-state index contributed by atoms with van der Waals surface area (Å²) >= 11 is 0. The van der Waals surface area contributed by atoms with Gasteiger partial charge in [0, 0.05) is 19.1 Å². The summed E-state index contributed by atoms with van der Waals surface area (Å²) in [6.07, 6.45) is 3.49. The first-order chi connectivity index (χ1) is 10.2. The lowest BCUT2D eigenvalue weighted by molar-refractivity contribution is 0.187. The van der Waals surface area contributed by atoms with Crippen LogP contribution in [-0.4, -0.2) is 42.8 Å². The molecule has 3 nitrogen and oxygen atoms in total. The highest BCUT2D eigenvalue weighted by atomic mass is 16.3. The van der Waals surface area contributed by atoms with E-state index in [2.05, 4.69) is 55.3 Å². The maximum atomic E-state index is 9.19. The Labute approximate surface area is 130 Å². The molecule has 120 valence electrons. The smallest absolute Gasteiger partial charge is 0.0558 e. The summed E-state index contributed by atoms with van der Waals surface area (Å²) in [5, 5.41) is 12.8. The average Bonchev–Trinajstić information content (AvgIpc) is 2.49. The van der Waals surface area contributed by atoms with E-state index in [1.165, 1.54) is 24.0 Å². The van der Waals surface area contributed by atoms with Crippen molar-refractivity contribution in [2.45, 2.75) is 46.1 Å². The molecule has 0 aliphatic carbocycles. The molecule has 0 bridgehead atoms. The maximum absolute atomic E-state index is 9.19. The quantitative estimate of drug-likeness (QED) is 0.658. The number of hydrogen-bond donors (Lipinski definition) is 2. The molecular weight excluding hydrogens is 260 g/mol. The first-order valence-corrected chi connectivity index (χ1v) is 8.34. The van der Waals surface area contributed by atoms with E-state index < -0.39 is 0 Å². The van der Waals surface area contributed by atoms with Gasteiger partial charge in [-0.1, -0.05) is 50.1 Å². The normalized spacial score (nSPS) is 12.8. The molecule has 1 aromatic rings. The summed E-state index contributed by atoms with van der Waals surface area (Å²) in [5.41, 5.74) is 2.67. The zero-order valence-corrected chi connectivity index (χ0v) is 13.9. The Bertz CT molecular complexity index is 364. The van der Waals surface area contributed by atoms with Gasteiger partial charge in [0.1, 0.15) is 0 Å². The summed E-state index contributed by atoms with van der Waals surface area (Å²) in [5.74, 6) is 0. The molecule has 1 atom stereocenters. The van der Waals surface area contributed by atoms with Crippen LogP contribution >= 0.6 is 0 Å². The lowest BCUT2D eigenvalue weighted by Crippen LogP contribution is -2.32. The van der Waals surface area contributed by atoms with E-state index in [0.29, 0.717) is 6.04 Å². The molecule has 0 saturated heterocycles. The highest BCUT2D eigenvalue weighted by Crippen LogP contribution is 2.18. The summed E-state index contributed by atoms with van der Waals surface area (Å²) in [6.45, 7) is 10.6. The van der Waals surface area contributed by atoms with E-state index in [0.717, 1.165) is 32.6 Å². The number of hydrogen-bond acceptors (Lipinski definition) is 3. The van der Waals surface area contributed by atoms with Crippen molar-refractivity contribution in [2.75, 3.05) is 32.8 Å². The van der Waals surface area contributed by atoms with Crippen LogP contribution in [0.5, 0.6) is 0 Å². The van der Waals surface area contributed by atoms with E-state index in [4.69, 9.17) is 0 Å². The van der Waals surface area contributed by atoms with Crippen LogP contribution in [-0.2, 0) is 0 Å². The molecule has 0 radical (unpaired) electrons. The summed E-state index contributed by atoms with van der Waals surface area (Å²) in [4.78, 5) is 2.38. The molecule has 21 heavy (non-hydrogen) atoms. The van der Waals surface area contributed by atoms with Crippen molar-refractivity contribution in [1.29, 1.82) is 0 Å². The zero-order valence-electron chi connectivity index (χ0n) is 13.9. The Morgan fingerprint density at radius 3 is 2.38 bits per heavy atom. The van der Waals surface area contributed by atoms with Crippen LogP contribution in [0.2, 0.25) is 0 Å². The number of aliphatic hydroxyl groups is 1. The molecule has 0 spiro atoms. The largest absolute Gasteiger partial charge is 0.395 e. The van der Waals surface area contributed by atoms with Gasteiger partial charge >= 0.3 is 0 Å². The van der Waals surface area contributed by atoms with Gasteiger partial charge in [-0.15, -0.1) is 0 Å². The van der Waals surface area contributed by atoms with Crippen LogP contribution in [0, 0.1) is 6.92 Å². The topological polar surface area (TPSA) is 35.5 Å². The minimum atomic E-state index is 0.250. The van der Waals surface area contributed by atoms with Gasteiger partial charge in [0.05, 0.1) is 6.61 Å². The number of unbranched alkanes of at least 4 members (excludes halogenated alkanes) is 1. The lowest BCUT2D eigenvalue weighted by Gasteiger charge is -2.25. The van der Waals surface area contributed by atoms with Gasteiger partial charge in [0.25, 0.3) is 0 Å². The summed E-state index contributed by atoms with van der Waals surface area (Å²) in [7, 11) is 0. The number of aliphatic hydroxyl groups excluding tert-OH is 1. The number of benzene rings is 1. The highest BCUT2D eigenvalue weighted by Gasteiger charge is 2.12. The third-order valence-corrected chi connectivity index (χ3v) is 3.91. The van der Waals surface area contributed by atoms with E-state index in [1.54, 1.807) is 0 Å². The number of rotatable bonds is 11. The van der Waals surface area contributed by atoms with Gasteiger partial charge < -0.3 is 15.3 Å². The van der Waals surface area contributed by atoms with Gasteiger partial charge in [0.2, 0.25) is 0 Å². The van der Waals surface area contributed by atoms with E-state index in [9.17, 15) is 5.11 Å². The Hall–Kier alpha value is -0.900. The van der Waals surface area contributed by atoms with Crippen molar-refractivity contribution in [3.8, 4) is 0 Å². The second-order valence-electron chi connectivity index (χ2n) is 5.73. The van der Waals surface area contributed by atoms with Gasteiger partial charge in [0.15, 0.2) is 0 Å². The van der Waals surface area contributed by atoms with Crippen LogP contribution in [0.1, 0.15) is 50.3 Å². The Balaban J connectivity index is 2.57. The molecule has 1 unspecified atom stereocenters. The third kappa shape index (κ3) is 7.07. The zero-order chi connectivity index (χ0) is 15.5. The molecule has 0 aromatic heterocycles. The van der Waals surface area contributed by atoms with E-state index in [1.807, 2.05) is 0 Å². The highest BCUT2D eigenvalue weighted by molar-refractivity contribution is 5.24. The molecule has 0 heterocycles. The second-order valence-corrected chi connectivity index (χ2v) is 5.73. The van der Waals surface area contributed by atoms with Crippen molar-refractivity contribution in [3.63, 3.8) is 0 Å². The Kier molecular flexibility index (Phi) is 9.31. The molecule has 2 N–H and O–H groups in total. The standard InChI is InChI=1S/C18H32N2O/c1-4-6-12-20(14-15-21)13-11-18(19-5-2)17-9-7-16(3)8-10-17/h7-10,18-19,21H,4-6,11-15H2,1-3H3. The SMILES string of the molecule is CCCCN(CCO)CCC(NCC)c1ccc(C)cc1. The summed E-state index contributed by atoms with van der Waals surface area (Å²) in [6, 6.07) is 9.22. The average molecular weight is 292 g/mol. The van der Waals surface area contributed by atoms with Gasteiger partial charge in [-0.05, 0) is 38.4 Å². The maximum Gasteiger partial charge on any atom is 0.0558 e. The Morgan fingerprint density at radius 2 is 1.81 bits per heavy atom. The van der Waals surface area contributed by atoms with Crippen LogP contribution in [0.4, 0.5) is 0 Å². The number of nitrogens with one attached hydrogen (secondary N) is 1. The molecule has 3 heteroatoms. The predicted molar refractivity (Wildman–Crippen MR) is 90.6 cm³/mol. The van der Waals surface area contributed by atoms with Gasteiger partial charge in [-0.25, -0.2) is 0 Å². The molecule has 1 aromatic carbocycles. The van der Waals surface area contributed by atoms with Crippen LogP contribution in [0.15, 0.2) is 24.3 Å². The van der Waals surface area contributed by atoms with Crippen LogP contribution < -0.4 is 5.32 Å². The van der Waals surface area contributed by atoms with Crippen molar-refractivity contribution in [2.24, 2.45) is 0 Å². The molecule has 0 aliphatic rings. The third-order valence-electron chi connectivity index (χ3n) is 3.91. The minimum Gasteiger partial charge on any atom is -0.395 e. The van der Waals surface area contributed by atoms with Crippen molar-refractivity contribution in [3.05, 3.63) is 35.4 Å². The number of nitrogens with zero attached hydrogens (tertiary/aromatic N) is 1. The fourth-order valence-electron chi connectivity index (χ4n) is 2.60. The molecule has 0 saturated carbocycles.